The molecule has 0 spiro atoms. The van der Waals surface area contributed by atoms with Crippen molar-refractivity contribution in [2.24, 2.45) is 0 Å². The number of rotatable bonds is 4. The maximum atomic E-state index is 9.52. The Morgan fingerprint density at radius 1 is 1.05 bits per heavy atom. The van der Waals surface area contributed by atoms with Crippen LogP contribution in [0.25, 0.3) is 10.9 Å². The molecule has 3 nitrogen and oxygen atoms in total. The second-order valence-electron chi connectivity index (χ2n) is 4.90. The molecule has 21 heavy (non-hydrogen) atoms. The number of pyridine rings is 1. The van der Waals surface area contributed by atoms with Crippen LogP contribution in [0.2, 0.25) is 0 Å². The molecule has 2 aromatic carbocycles. The lowest BCUT2D eigenvalue weighted by Crippen LogP contribution is -1.96. The maximum absolute atomic E-state index is 9.52. The van der Waals surface area contributed by atoms with Crippen LogP contribution in [0, 0.1) is 0 Å². The quantitative estimate of drug-likeness (QED) is 0.782. The van der Waals surface area contributed by atoms with Crippen molar-refractivity contribution in [3.05, 3.63) is 65.7 Å². The van der Waals surface area contributed by atoms with Crippen molar-refractivity contribution in [2.45, 2.75) is 20.0 Å². The molecule has 0 aliphatic carbocycles. The second kappa shape index (κ2) is 5.94. The number of ether oxygens (including phenoxy) is 1. The van der Waals surface area contributed by atoms with Crippen molar-refractivity contribution in [3.63, 3.8) is 0 Å². The fourth-order valence-electron chi connectivity index (χ4n) is 2.25. The van der Waals surface area contributed by atoms with E-state index in [1.807, 2.05) is 54.6 Å². The van der Waals surface area contributed by atoms with Crippen LogP contribution in [0.15, 0.2) is 54.6 Å². The normalized spacial score (nSPS) is 10.8. The van der Waals surface area contributed by atoms with Gasteiger partial charge in [-0.2, -0.15) is 0 Å². The highest BCUT2D eigenvalue weighted by molar-refractivity contribution is 5.80. The van der Waals surface area contributed by atoms with Gasteiger partial charge in [-0.05, 0) is 36.2 Å². The van der Waals surface area contributed by atoms with E-state index in [0.717, 1.165) is 23.1 Å². The molecule has 106 valence electrons. The Kier molecular flexibility index (Phi) is 3.84. The third kappa shape index (κ3) is 2.88. The Bertz CT molecular complexity index is 751. The average Bonchev–Trinajstić information content (AvgIpc) is 2.55. The SMILES string of the molecule is CCc1ccc(Oc2nc3ccccc3cc2CO)cc1. The zero-order valence-electron chi connectivity index (χ0n) is 11.9. The Morgan fingerprint density at radius 3 is 2.52 bits per heavy atom. The minimum Gasteiger partial charge on any atom is -0.439 e. The summed E-state index contributed by atoms with van der Waals surface area (Å²) in [5.74, 6) is 1.19. The Balaban J connectivity index is 1.97. The van der Waals surface area contributed by atoms with Crippen LogP contribution in [0.3, 0.4) is 0 Å². The average molecular weight is 279 g/mol. The number of aryl methyl sites for hydroxylation is 1. The van der Waals surface area contributed by atoms with Gasteiger partial charge in [0, 0.05) is 10.9 Å². The highest BCUT2D eigenvalue weighted by Gasteiger charge is 2.08. The predicted molar refractivity (Wildman–Crippen MR) is 83.6 cm³/mol. The molecule has 3 aromatic rings. The van der Waals surface area contributed by atoms with Crippen molar-refractivity contribution in [2.75, 3.05) is 0 Å². The van der Waals surface area contributed by atoms with Crippen molar-refractivity contribution in [1.29, 1.82) is 0 Å². The van der Waals surface area contributed by atoms with Gasteiger partial charge in [0.25, 0.3) is 0 Å². The van der Waals surface area contributed by atoms with Crippen molar-refractivity contribution in [1.82, 2.24) is 4.98 Å². The minimum absolute atomic E-state index is 0.0970. The zero-order chi connectivity index (χ0) is 14.7. The number of aromatic nitrogens is 1. The molecule has 0 bridgehead atoms. The van der Waals surface area contributed by atoms with Gasteiger partial charge in [-0.3, -0.25) is 0 Å². The number of aliphatic hydroxyl groups excluding tert-OH is 1. The van der Waals surface area contributed by atoms with Crippen LogP contribution in [-0.4, -0.2) is 10.1 Å². The molecular formula is C18H17NO2. The molecule has 0 amide bonds. The van der Waals surface area contributed by atoms with Crippen LogP contribution >= 0.6 is 0 Å². The van der Waals surface area contributed by atoms with E-state index < -0.39 is 0 Å². The predicted octanol–water partition coefficient (Wildman–Crippen LogP) is 4.08. The fourth-order valence-corrected chi connectivity index (χ4v) is 2.25. The topological polar surface area (TPSA) is 42.4 Å². The minimum atomic E-state index is -0.0970. The van der Waals surface area contributed by atoms with Crippen LogP contribution in [0.1, 0.15) is 18.1 Å². The van der Waals surface area contributed by atoms with E-state index in [1.54, 1.807) is 0 Å². The number of hydrogen-bond acceptors (Lipinski definition) is 3. The van der Waals surface area contributed by atoms with Crippen LogP contribution in [0.4, 0.5) is 0 Å². The highest BCUT2D eigenvalue weighted by atomic mass is 16.5. The molecule has 0 radical (unpaired) electrons. The first-order chi connectivity index (χ1) is 10.3. The van der Waals surface area contributed by atoms with E-state index >= 15 is 0 Å². The first kappa shape index (κ1) is 13.6. The van der Waals surface area contributed by atoms with Gasteiger partial charge in [0.1, 0.15) is 5.75 Å². The molecule has 0 aliphatic rings. The van der Waals surface area contributed by atoms with Gasteiger partial charge >= 0.3 is 0 Å². The summed E-state index contributed by atoms with van der Waals surface area (Å²) in [6, 6.07) is 17.6. The van der Waals surface area contributed by atoms with Gasteiger partial charge in [-0.15, -0.1) is 0 Å². The van der Waals surface area contributed by atoms with E-state index in [-0.39, 0.29) is 6.61 Å². The van der Waals surface area contributed by atoms with Crippen LogP contribution in [-0.2, 0) is 13.0 Å². The smallest absolute Gasteiger partial charge is 0.225 e. The first-order valence-electron chi connectivity index (χ1n) is 7.06. The molecule has 3 heteroatoms. The molecule has 1 heterocycles. The third-order valence-corrected chi connectivity index (χ3v) is 3.48. The summed E-state index contributed by atoms with van der Waals surface area (Å²) in [6.45, 7) is 2.02. The molecule has 3 rings (SSSR count). The summed E-state index contributed by atoms with van der Waals surface area (Å²) in [6.07, 6.45) is 0.996. The summed E-state index contributed by atoms with van der Waals surface area (Å²) in [5, 5.41) is 10.5. The summed E-state index contributed by atoms with van der Waals surface area (Å²) >= 11 is 0. The van der Waals surface area contributed by atoms with Gasteiger partial charge in [0.05, 0.1) is 12.1 Å². The lowest BCUT2D eigenvalue weighted by molar-refractivity contribution is 0.275. The number of hydrogen-bond donors (Lipinski definition) is 1. The molecule has 0 saturated heterocycles. The van der Waals surface area contributed by atoms with E-state index in [1.165, 1.54) is 5.56 Å². The second-order valence-corrected chi connectivity index (χ2v) is 4.90. The molecule has 1 N–H and O–H groups in total. The van der Waals surface area contributed by atoms with Gasteiger partial charge < -0.3 is 9.84 Å². The van der Waals surface area contributed by atoms with Gasteiger partial charge in [0.15, 0.2) is 0 Å². The Hall–Kier alpha value is -2.39. The summed E-state index contributed by atoms with van der Waals surface area (Å²) in [5.41, 5.74) is 2.80. The lowest BCUT2D eigenvalue weighted by Gasteiger charge is -2.10. The summed E-state index contributed by atoms with van der Waals surface area (Å²) in [4.78, 5) is 4.50. The molecule has 0 atom stereocenters. The summed E-state index contributed by atoms with van der Waals surface area (Å²) in [7, 11) is 0. The fraction of sp³-hybridized carbons (Fsp3) is 0.167. The van der Waals surface area contributed by atoms with Crippen LogP contribution in [0.5, 0.6) is 11.6 Å². The van der Waals surface area contributed by atoms with Gasteiger partial charge in [-0.1, -0.05) is 37.3 Å². The first-order valence-corrected chi connectivity index (χ1v) is 7.06. The number of para-hydroxylation sites is 1. The third-order valence-electron chi connectivity index (χ3n) is 3.48. The molecule has 1 aromatic heterocycles. The Labute approximate surface area is 123 Å². The van der Waals surface area contributed by atoms with Crippen molar-refractivity contribution >= 4 is 10.9 Å². The van der Waals surface area contributed by atoms with Crippen molar-refractivity contribution < 1.29 is 9.84 Å². The van der Waals surface area contributed by atoms with Crippen molar-refractivity contribution in [3.8, 4) is 11.6 Å². The monoisotopic (exact) mass is 279 g/mol. The molecule has 0 unspecified atom stereocenters. The summed E-state index contributed by atoms with van der Waals surface area (Å²) < 4.78 is 5.84. The van der Waals surface area contributed by atoms with E-state index in [4.69, 9.17) is 4.74 Å². The lowest BCUT2D eigenvalue weighted by atomic mass is 10.1. The molecule has 0 saturated carbocycles. The van der Waals surface area contributed by atoms with E-state index in [0.29, 0.717) is 11.4 Å². The van der Waals surface area contributed by atoms with E-state index in [2.05, 4.69) is 11.9 Å². The number of aliphatic hydroxyl groups is 1. The molecule has 0 fully saturated rings. The number of benzene rings is 2. The Morgan fingerprint density at radius 2 is 1.81 bits per heavy atom. The zero-order valence-corrected chi connectivity index (χ0v) is 11.9. The van der Waals surface area contributed by atoms with Gasteiger partial charge in [0.2, 0.25) is 5.88 Å². The number of fused-ring (bicyclic) bond motifs is 1. The van der Waals surface area contributed by atoms with Gasteiger partial charge in [-0.25, -0.2) is 4.98 Å². The maximum Gasteiger partial charge on any atom is 0.225 e. The molecule has 0 aliphatic heterocycles. The highest BCUT2D eigenvalue weighted by Crippen LogP contribution is 2.27. The largest absolute Gasteiger partial charge is 0.439 e. The standard InChI is InChI=1S/C18H17NO2/c1-2-13-7-9-16(10-8-13)21-18-15(12-20)11-14-5-3-4-6-17(14)19-18/h3-11,20H,2,12H2,1H3. The van der Waals surface area contributed by atoms with Crippen LogP contribution < -0.4 is 4.74 Å². The van der Waals surface area contributed by atoms with E-state index in [9.17, 15) is 5.11 Å². The number of nitrogens with zero attached hydrogens (tertiary/aromatic N) is 1. The molecular weight excluding hydrogens is 262 g/mol.